The number of benzene rings is 2. The first-order valence-electron chi connectivity index (χ1n) is 11.6. The maximum Gasteiger partial charge on any atom is 0.337 e. The van der Waals surface area contributed by atoms with Crippen molar-refractivity contribution in [2.75, 3.05) is 19.0 Å². The third-order valence-corrected chi connectivity index (χ3v) is 5.96. The zero-order chi connectivity index (χ0) is 23.6. The summed E-state index contributed by atoms with van der Waals surface area (Å²) in [7, 11) is 1.32. The van der Waals surface area contributed by atoms with Gasteiger partial charge in [0.05, 0.1) is 30.4 Å². The molecule has 1 fully saturated rings. The van der Waals surface area contributed by atoms with Gasteiger partial charge in [0, 0.05) is 11.3 Å². The molecule has 6 nitrogen and oxygen atoms in total. The molecule has 1 N–H and O–H groups in total. The Hall–Kier alpha value is -2.73. The highest BCUT2D eigenvalue weighted by atomic mass is 35.5. The summed E-state index contributed by atoms with van der Waals surface area (Å²) in [6, 6.07) is 9.79. The van der Waals surface area contributed by atoms with E-state index in [1.54, 1.807) is 36.4 Å². The van der Waals surface area contributed by atoms with Crippen molar-refractivity contribution in [2.45, 2.75) is 64.4 Å². The van der Waals surface area contributed by atoms with E-state index in [-0.39, 0.29) is 12.0 Å². The Morgan fingerprint density at radius 2 is 1.76 bits per heavy atom. The summed E-state index contributed by atoms with van der Waals surface area (Å²) < 4.78 is 16.9. The van der Waals surface area contributed by atoms with E-state index in [2.05, 4.69) is 12.2 Å². The molecular formula is C26H32ClNO5. The van der Waals surface area contributed by atoms with Gasteiger partial charge in [-0.3, -0.25) is 4.79 Å². The van der Waals surface area contributed by atoms with Crippen LogP contribution >= 0.6 is 11.6 Å². The van der Waals surface area contributed by atoms with Crippen molar-refractivity contribution in [2.24, 2.45) is 0 Å². The first kappa shape index (κ1) is 24.9. The second-order valence-corrected chi connectivity index (χ2v) is 8.65. The Bertz CT molecular complexity index is 938. The molecule has 3 rings (SSSR count). The predicted octanol–water partition coefficient (Wildman–Crippen LogP) is 6.66. The van der Waals surface area contributed by atoms with Gasteiger partial charge in [-0.05, 0) is 68.5 Å². The number of hydrogen-bond donors (Lipinski definition) is 1. The van der Waals surface area contributed by atoms with Gasteiger partial charge in [-0.2, -0.15) is 0 Å². The van der Waals surface area contributed by atoms with Crippen molar-refractivity contribution < 1.29 is 23.8 Å². The average molecular weight is 474 g/mol. The van der Waals surface area contributed by atoms with Gasteiger partial charge in [0.2, 0.25) is 0 Å². The summed E-state index contributed by atoms with van der Waals surface area (Å²) in [5.74, 6) is 0.252. The topological polar surface area (TPSA) is 73.9 Å². The molecule has 1 saturated carbocycles. The lowest BCUT2D eigenvalue weighted by molar-refractivity contribution is 0.0600. The maximum absolute atomic E-state index is 12.9. The van der Waals surface area contributed by atoms with Gasteiger partial charge < -0.3 is 19.5 Å². The van der Waals surface area contributed by atoms with Crippen molar-refractivity contribution in [1.82, 2.24) is 0 Å². The van der Waals surface area contributed by atoms with Gasteiger partial charge in [0.25, 0.3) is 5.91 Å². The zero-order valence-corrected chi connectivity index (χ0v) is 20.1. The number of amides is 1. The predicted molar refractivity (Wildman–Crippen MR) is 130 cm³/mol. The van der Waals surface area contributed by atoms with Crippen molar-refractivity contribution >= 4 is 29.2 Å². The van der Waals surface area contributed by atoms with Gasteiger partial charge in [-0.15, -0.1) is 0 Å². The molecule has 0 spiro atoms. The summed E-state index contributed by atoms with van der Waals surface area (Å²) in [5.41, 5.74) is 1.34. The summed E-state index contributed by atoms with van der Waals surface area (Å²) in [5, 5.41) is 3.18. The number of rotatable bonds is 11. The second-order valence-electron chi connectivity index (χ2n) is 8.24. The van der Waals surface area contributed by atoms with Crippen molar-refractivity contribution in [3.63, 3.8) is 0 Å². The molecule has 0 saturated heterocycles. The molecule has 0 heterocycles. The lowest BCUT2D eigenvalue weighted by Crippen LogP contribution is -2.15. The van der Waals surface area contributed by atoms with E-state index in [1.165, 1.54) is 13.5 Å². The number of nitrogens with one attached hydrogen (secondary N) is 1. The van der Waals surface area contributed by atoms with E-state index in [9.17, 15) is 9.59 Å². The van der Waals surface area contributed by atoms with Crippen LogP contribution in [0.5, 0.6) is 11.5 Å². The smallest absolute Gasteiger partial charge is 0.337 e. The number of anilines is 1. The highest BCUT2D eigenvalue weighted by molar-refractivity contribution is 6.32. The van der Waals surface area contributed by atoms with E-state index < -0.39 is 5.97 Å². The Morgan fingerprint density at radius 1 is 1.03 bits per heavy atom. The fraction of sp³-hybridized carbons (Fsp3) is 0.462. The monoisotopic (exact) mass is 473 g/mol. The number of esters is 1. The summed E-state index contributed by atoms with van der Waals surface area (Å²) in [6.07, 6.45) is 8.70. The molecule has 0 unspecified atom stereocenters. The van der Waals surface area contributed by atoms with Crippen LogP contribution in [0.25, 0.3) is 0 Å². The molecule has 0 atom stereocenters. The van der Waals surface area contributed by atoms with Crippen LogP contribution in [0.1, 0.15) is 79.0 Å². The fourth-order valence-corrected chi connectivity index (χ4v) is 4.09. The van der Waals surface area contributed by atoms with Crippen LogP contribution in [0.15, 0.2) is 36.4 Å². The fourth-order valence-electron chi connectivity index (χ4n) is 3.83. The molecule has 2 aromatic rings. The molecule has 1 amide bonds. The van der Waals surface area contributed by atoms with Gasteiger partial charge in [0.15, 0.2) is 11.5 Å². The van der Waals surface area contributed by atoms with Crippen LogP contribution in [0.2, 0.25) is 5.02 Å². The highest BCUT2D eigenvalue weighted by Crippen LogP contribution is 2.39. The minimum absolute atomic E-state index is 0.104. The molecule has 0 radical (unpaired) electrons. The zero-order valence-electron chi connectivity index (χ0n) is 19.3. The Balaban J connectivity index is 1.75. The molecule has 0 aliphatic heterocycles. The van der Waals surface area contributed by atoms with Crippen LogP contribution < -0.4 is 14.8 Å². The van der Waals surface area contributed by atoms with Crippen LogP contribution in [0, 0.1) is 0 Å². The molecule has 1 aliphatic carbocycles. The quantitative estimate of drug-likeness (QED) is 0.292. The highest BCUT2D eigenvalue weighted by Gasteiger charge is 2.22. The van der Waals surface area contributed by atoms with E-state index in [0.29, 0.717) is 39.9 Å². The van der Waals surface area contributed by atoms with Crippen molar-refractivity contribution in [3.05, 3.63) is 52.5 Å². The van der Waals surface area contributed by atoms with Crippen LogP contribution in [-0.2, 0) is 4.74 Å². The number of ether oxygens (including phenoxy) is 3. The summed E-state index contributed by atoms with van der Waals surface area (Å²) in [4.78, 5) is 24.5. The van der Waals surface area contributed by atoms with E-state index >= 15 is 0 Å². The number of carbonyl (C=O) groups excluding carboxylic acids is 2. The van der Waals surface area contributed by atoms with Crippen LogP contribution in [0.3, 0.4) is 0 Å². The summed E-state index contributed by atoms with van der Waals surface area (Å²) >= 11 is 6.54. The van der Waals surface area contributed by atoms with E-state index in [0.717, 1.165) is 44.9 Å². The third-order valence-electron chi connectivity index (χ3n) is 5.68. The minimum atomic E-state index is -0.432. The molecule has 0 aromatic heterocycles. The molecule has 178 valence electrons. The van der Waals surface area contributed by atoms with Gasteiger partial charge in [-0.1, -0.05) is 37.8 Å². The Kier molecular flexibility index (Phi) is 9.43. The molecule has 1 aliphatic rings. The van der Waals surface area contributed by atoms with E-state index in [1.807, 2.05) is 0 Å². The number of hydrogen-bond acceptors (Lipinski definition) is 5. The van der Waals surface area contributed by atoms with Crippen LogP contribution in [0.4, 0.5) is 5.69 Å². The number of carbonyl (C=O) groups is 2. The Morgan fingerprint density at radius 3 is 2.42 bits per heavy atom. The lowest BCUT2D eigenvalue weighted by Gasteiger charge is -2.19. The van der Waals surface area contributed by atoms with Gasteiger partial charge in [0.1, 0.15) is 0 Å². The first-order valence-corrected chi connectivity index (χ1v) is 12.0. The standard InChI is InChI=1S/C26H32ClNO5/c1-3-4-5-8-15-32-24-22(27)16-19(17-23(24)33-21-9-6-7-10-21)25(29)28-20-13-11-18(12-14-20)26(30)31-2/h11-14,16-17,21H,3-10,15H2,1-2H3,(H,28,29). The second kappa shape index (κ2) is 12.5. The minimum Gasteiger partial charge on any atom is -0.488 e. The first-order chi connectivity index (χ1) is 16.0. The van der Waals surface area contributed by atoms with Crippen LogP contribution in [-0.4, -0.2) is 31.7 Å². The third kappa shape index (κ3) is 7.13. The van der Waals surface area contributed by atoms with Gasteiger partial charge >= 0.3 is 5.97 Å². The molecule has 2 aromatic carbocycles. The molecular weight excluding hydrogens is 442 g/mol. The van der Waals surface area contributed by atoms with E-state index in [4.69, 9.17) is 25.8 Å². The molecule has 7 heteroatoms. The van der Waals surface area contributed by atoms with Crippen molar-refractivity contribution in [1.29, 1.82) is 0 Å². The molecule has 33 heavy (non-hydrogen) atoms. The van der Waals surface area contributed by atoms with Gasteiger partial charge in [-0.25, -0.2) is 4.79 Å². The Labute approximate surface area is 200 Å². The number of methoxy groups -OCH3 is 1. The number of unbranched alkanes of at least 4 members (excludes halogenated alkanes) is 3. The maximum atomic E-state index is 12.9. The lowest BCUT2D eigenvalue weighted by atomic mass is 10.1. The summed E-state index contributed by atoms with van der Waals surface area (Å²) in [6.45, 7) is 2.72. The SMILES string of the molecule is CCCCCCOc1c(Cl)cc(C(=O)Nc2ccc(C(=O)OC)cc2)cc1OC1CCCC1. The normalized spacial score (nSPS) is 13.5. The average Bonchev–Trinajstić information content (AvgIpc) is 3.33. The van der Waals surface area contributed by atoms with Crippen molar-refractivity contribution in [3.8, 4) is 11.5 Å². The largest absolute Gasteiger partial charge is 0.488 e. The number of halogens is 1. The molecule has 0 bridgehead atoms.